The maximum atomic E-state index is 13.3. The summed E-state index contributed by atoms with van der Waals surface area (Å²) in [5, 5.41) is 13.7. The van der Waals surface area contributed by atoms with Gasteiger partial charge in [0.25, 0.3) is 5.69 Å². The van der Waals surface area contributed by atoms with Crippen molar-refractivity contribution in [2.24, 2.45) is 5.92 Å². The van der Waals surface area contributed by atoms with Gasteiger partial charge in [-0.15, -0.1) is 11.8 Å². The largest absolute Gasteiger partial charge is 0.354 e. The van der Waals surface area contributed by atoms with Crippen molar-refractivity contribution in [1.29, 1.82) is 0 Å². The highest BCUT2D eigenvalue weighted by Crippen LogP contribution is 2.19. The summed E-state index contributed by atoms with van der Waals surface area (Å²) in [5.41, 5.74) is 1.62. The molecular weight excluding hydrogens is 445 g/mol. The summed E-state index contributed by atoms with van der Waals surface area (Å²) in [4.78, 5) is 37.9. The molecule has 2 aromatic rings. The standard InChI is InChI=1S/C24H30FN3O4S/c1-4-22(24(30)26-13-17(2)3)27(14-18-5-9-20(25)10-6-18)23(29)16-33-15-19-7-11-21(12-8-19)28(31)32/h5-12,17,22H,4,13-16H2,1-3H3,(H,26,30)/t22-/m0/s1. The third kappa shape index (κ3) is 8.49. The first-order chi connectivity index (χ1) is 15.7. The molecule has 2 amide bonds. The molecule has 0 aliphatic rings. The van der Waals surface area contributed by atoms with Crippen molar-refractivity contribution in [3.63, 3.8) is 0 Å². The third-order valence-corrected chi connectivity index (χ3v) is 5.97. The number of benzene rings is 2. The number of hydrogen-bond donors (Lipinski definition) is 1. The molecule has 7 nitrogen and oxygen atoms in total. The fourth-order valence-corrected chi connectivity index (χ4v) is 4.05. The zero-order chi connectivity index (χ0) is 24.4. The van der Waals surface area contributed by atoms with Gasteiger partial charge in [-0.1, -0.05) is 45.0 Å². The number of hydrogen-bond acceptors (Lipinski definition) is 5. The van der Waals surface area contributed by atoms with Crippen LogP contribution in [0.1, 0.15) is 38.3 Å². The number of nitrogens with one attached hydrogen (secondary N) is 1. The lowest BCUT2D eigenvalue weighted by molar-refractivity contribution is -0.384. The van der Waals surface area contributed by atoms with E-state index >= 15 is 0 Å². The van der Waals surface area contributed by atoms with Gasteiger partial charge in [0, 0.05) is 31.0 Å². The molecule has 0 heterocycles. The van der Waals surface area contributed by atoms with Gasteiger partial charge in [-0.25, -0.2) is 4.39 Å². The van der Waals surface area contributed by atoms with E-state index in [4.69, 9.17) is 0 Å². The average molecular weight is 476 g/mol. The average Bonchev–Trinajstić information content (AvgIpc) is 2.79. The van der Waals surface area contributed by atoms with Crippen LogP contribution in [0.25, 0.3) is 0 Å². The summed E-state index contributed by atoms with van der Waals surface area (Å²) in [6.07, 6.45) is 0.448. The molecule has 33 heavy (non-hydrogen) atoms. The molecule has 0 bridgehead atoms. The molecule has 178 valence electrons. The summed E-state index contributed by atoms with van der Waals surface area (Å²) in [7, 11) is 0. The normalized spacial score (nSPS) is 11.8. The lowest BCUT2D eigenvalue weighted by Gasteiger charge is -2.31. The fraction of sp³-hybridized carbons (Fsp3) is 0.417. The summed E-state index contributed by atoms with van der Waals surface area (Å²) in [6.45, 7) is 6.57. The zero-order valence-corrected chi connectivity index (χ0v) is 19.9. The quantitative estimate of drug-likeness (QED) is 0.359. The number of thioether (sulfide) groups is 1. The Labute approximate surface area is 197 Å². The Morgan fingerprint density at radius 2 is 1.70 bits per heavy atom. The van der Waals surface area contributed by atoms with Crippen LogP contribution in [0.4, 0.5) is 10.1 Å². The number of amides is 2. The second-order valence-corrected chi connectivity index (χ2v) is 9.11. The molecule has 0 saturated carbocycles. The molecule has 1 N–H and O–H groups in total. The van der Waals surface area contributed by atoms with E-state index in [1.54, 1.807) is 29.2 Å². The van der Waals surface area contributed by atoms with Crippen LogP contribution in [0.15, 0.2) is 48.5 Å². The van der Waals surface area contributed by atoms with Crippen molar-refractivity contribution in [2.45, 2.75) is 45.5 Å². The van der Waals surface area contributed by atoms with Crippen LogP contribution in [0.2, 0.25) is 0 Å². The molecule has 0 aromatic heterocycles. The monoisotopic (exact) mass is 475 g/mol. The minimum absolute atomic E-state index is 0.0171. The Bertz CT molecular complexity index is 936. The van der Waals surface area contributed by atoms with Crippen LogP contribution in [-0.2, 0) is 21.9 Å². The van der Waals surface area contributed by atoms with Crippen molar-refractivity contribution in [1.82, 2.24) is 10.2 Å². The van der Waals surface area contributed by atoms with Gasteiger partial charge in [0.2, 0.25) is 11.8 Å². The maximum absolute atomic E-state index is 13.3. The molecular formula is C24H30FN3O4S. The number of nitro groups is 1. The van der Waals surface area contributed by atoms with Gasteiger partial charge in [0.15, 0.2) is 0 Å². The number of nitrogens with zero attached hydrogens (tertiary/aromatic N) is 2. The molecule has 0 saturated heterocycles. The van der Waals surface area contributed by atoms with Gasteiger partial charge < -0.3 is 10.2 Å². The van der Waals surface area contributed by atoms with E-state index in [2.05, 4.69) is 5.32 Å². The van der Waals surface area contributed by atoms with Crippen molar-refractivity contribution in [3.05, 3.63) is 75.6 Å². The lowest BCUT2D eigenvalue weighted by Crippen LogP contribution is -2.50. The van der Waals surface area contributed by atoms with Crippen LogP contribution < -0.4 is 5.32 Å². The first kappa shape index (κ1) is 26.3. The number of halogens is 1. The van der Waals surface area contributed by atoms with Gasteiger partial charge >= 0.3 is 0 Å². The third-order valence-electron chi connectivity index (χ3n) is 4.98. The highest BCUT2D eigenvalue weighted by molar-refractivity contribution is 7.99. The van der Waals surface area contributed by atoms with Crippen molar-refractivity contribution >= 4 is 29.3 Å². The van der Waals surface area contributed by atoms with Crippen molar-refractivity contribution < 1.29 is 18.9 Å². The van der Waals surface area contributed by atoms with E-state index in [-0.39, 0.29) is 41.5 Å². The predicted octanol–water partition coefficient (Wildman–Crippen LogP) is 4.55. The molecule has 0 fully saturated rings. The second kappa shape index (κ2) is 12.9. The molecule has 9 heteroatoms. The first-order valence-corrected chi connectivity index (χ1v) is 12.0. The smallest absolute Gasteiger partial charge is 0.269 e. The number of carbonyl (C=O) groups excluding carboxylic acids is 2. The van der Waals surface area contributed by atoms with Crippen LogP contribution in [-0.4, -0.2) is 40.0 Å². The predicted molar refractivity (Wildman–Crippen MR) is 128 cm³/mol. The second-order valence-electron chi connectivity index (χ2n) is 8.13. The molecule has 2 aromatic carbocycles. The Morgan fingerprint density at radius 3 is 2.24 bits per heavy atom. The summed E-state index contributed by atoms with van der Waals surface area (Å²) in [6, 6.07) is 11.5. The number of nitro benzene ring substituents is 1. The van der Waals surface area contributed by atoms with E-state index in [0.717, 1.165) is 11.1 Å². The van der Waals surface area contributed by atoms with Gasteiger partial charge in [0.05, 0.1) is 10.7 Å². The number of carbonyl (C=O) groups is 2. The van der Waals surface area contributed by atoms with Crippen LogP contribution >= 0.6 is 11.8 Å². The van der Waals surface area contributed by atoms with Crippen LogP contribution in [0.5, 0.6) is 0 Å². The van der Waals surface area contributed by atoms with E-state index < -0.39 is 11.0 Å². The minimum atomic E-state index is -0.638. The van der Waals surface area contributed by atoms with Crippen LogP contribution in [0.3, 0.4) is 0 Å². The van der Waals surface area contributed by atoms with E-state index in [9.17, 15) is 24.1 Å². The summed E-state index contributed by atoms with van der Waals surface area (Å²) >= 11 is 1.38. The highest BCUT2D eigenvalue weighted by atomic mass is 32.2. The van der Waals surface area contributed by atoms with Gasteiger partial charge in [-0.05, 0) is 35.6 Å². The zero-order valence-electron chi connectivity index (χ0n) is 19.1. The SMILES string of the molecule is CC[C@@H](C(=O)NCC(C)C)N(Cc1ccc(F)cc1)C(=O)CSCc1ccc([N+](=O)[O-])cc1. The Kier molecular flexibility index (Phi) is 10.3. The van der Waals surface area contributed by atoms with E-state index in [0.29, 0.717) is 18.7 Å². The van der Waals surface area contributed by atoms with Crippen molar-refractivity contribution in [2.75, 3.05) is 12.3 Å². The maximum Gasteiger partial charge on any atom is 0.269 e. The fourth-order valence-electron chi connectivity index (χ4n) is 3.18. The number of non-ortho nitro benzene ring substituents is 1. The van der Waals surface area contributed by atoms with Crippen molar-refractivity contribution in [3.8, 4) is 0 Å². The first-order valence-electron chi connectivity index (χ1n) is 10.8. The summed E-state index contributed by atoms with van der Waals surface area (Å²) in [5.74, 6) is 0.165. The topological polar surface area (TPSA) is 92.6 Å². The lowest BCUT2D eigenvalue weighted by atomic mass is 10.1. The molecule has 0 aliphatic carbocycles. The van der Waals surface area contributed by atoms with E-state index in [1.807, 2.05) is 20.8 Å². The Balaban J connectivity index is 2.09. The Hall–Kier alpha value is -2.94. The minimum Gasteiger partial charge on any atom is -0.354 e. The Morgan fingerprint density at radius 1 is 1.09 bits per heavy atom. The molecule has 0 radical (unpaired) electrons. The van der Waals surface area contributed by atoms with Gasteiger partial charge in [-0.3, -0.25) is 19.7 Å². The van der Waals surface area contributed by atoms with Crippen LogP contribution in [0, 0.1) is 21.8 Å². The molecule has 0 aliphatic heterocycles. The molecule has 0 spiro atoms. The molecule has 1 atom stereocenters. The molecule has 2 rings (SSSR count). The summed E-state index contributed by atoms with van der Waals surface area (Å²) < 4.78 is 13.3. The highest BCUT2D eigenvalue weighted by Gasteiger charge is 2.28. The van der Waals surface area contributed by atoms with Gasteiger partial charge in [0.1, 0.15) is 11.9 Å². The van der Waals surface area contributed by atoms with Gasteiger partial charge in [-0.2, -0.15) is 0 Å². The number of rotatable bonds is 12. The molecule has 0 unspecified atom stereocenters. The van der Waals surface area contributed by atoms with E-state index in [1.165, 1.54) is 36.0 Å².